The van der Waals surface area contributed by atoms with E-state index in [1.54, 1.807) is 22.6 Å². The summed E-state index contributed by atoms with van der Waals surface area (Å²) >= 11 is 1.68. The summed E-state index contributed by atoms with van der Waals surface area (Å²) in [5, 5.41) is 3.71. The van der Waals surface area contributed by atoms with Crippen molar-refractivity contribution in [3.05, 3.63) is 18.0 Å². The summed E-state index contributed by atoms with van der Waals surface area (Å²) in [4.78, 5) is 2.02. The molecule has 2 heterocycles. The van der Waals surface area contributed by atoms with Gasteiger partial charge < -0.3 is 5.73 Å². The molecule has 114 valence electrons. The van der Waals surface area contributed by atoms with Crippen LogP contribution in [0.1, 0.15) is 18.5 Å². The van der Waals surface area contributed by atoms with Crippen molar-refractivity contribution >= 4 is 21.6 Å². The lowest BCUT2D eigenvalue weighted by molar-refractivity contribution is 0.172. The summed E-state index contributed by atoms with van der Waals surface area (Å²) in [6.07, 6.45) is 4.99. The summed E-state index contributed by atoms with van der Waals surface area (Å²) in [5.74, 6) is 1.53. The van der Waals surface area contributed by atoms with Crippen LogP contribution in [0.3, 0.4) is 0 Å². The third-order valence-corrected chi connectivity index (χ3v) is 6.20. The van der Waals surface area contributed by atoms with E-state index in [0.717, 1.165) is 17.9 Å². The lowest BCUT2D eigenvalue weighted by atomic mass is 10.0. The number of nitrogens with zero attached hydrogens (tertiary/aromatic N) is 3. The lowest BCUT2D eigenvalue weighted by Gasteiger charge is -2.41. The van der Waals surface area contributed by atoms with Crippen molar-refractivity contribution in [3.63, 3.8) is 0 Å². The predicted molar refractivity (Wildman–Crippen MR) is 82.3 cm³/mol. The van der Waals surface area contributed by atoms with Gasteiger partial charge in [0.1, 0.15) is 5.37 Å². The molecule has 0 bridgehead atoms. The van der Waals surface area contributed by atoms with Gasteiger partial charge in [0.25, 0.3) is 0 Å². The largest absolute Gasteiger partial charge is 0.326 e. The summed E-state index contributed by atoms with van der Waals surface area (Å²) < 4.78 is 25.8. The molecule has 2 N–H and O–H groups in total. The molecule has 3 atom stereocenters. The molecule has 1 aliphatic heterocycles. The molecular formula is C12H22N4O2S2. The smallest absolute Gasteiger partial charge is 0.164 e. The fourth-order valence-electron chi connectivity index (χ4n) is 2.67. The van der Waals surface area contributed by atoms with Crippen LogP contribution in [-0.4, -0.2) is 58.8 Å². The Morgan fingerprint density at radius 2 is 2.25 bits per heavy atom. The molecule has 1 aromatic heterocycles. The van der Waals surface area contributed by atoms with Gasteiger partial charge in [0.2, 0.25) is 0 Å². The molecule has 0 aromatic carbocycles. The maximum atomic E-state index is 12.0. The van der Waals surface area contributed by atoms with Gasteiger partial charge in [-0.1, -0.05) is 0 Å². The topological polar surface area (TPSA) is 81.2 Å². The van der Waals surface area contributed by atoms with Gasteiger partial charge in [-0.2, -0.15) is 16.9 Å². The van der Waals surface area contributed by atoms with Gasteiger partial charge in [-0.05, 0) is 6.92 Å². The molecule has 1 fully saturated rings. The maximum absolute atomic E-state index is 12.0. The zero-order valence-corrected chi connectivity index (χ0v) is 13.7. The van der Waals surface area contributed by atoms with Crippen molar-refractivity contribution in [1.82, 2.24) is 14.7 Å². The standard InChI is InChI=1S/C12H22N4O2S2/c1-9(13)12(10-6-14-15(2)7-10)16-4-5-19-8-11(16)20(3,17)18/h6-7,9,11-12H,4-5,8,13H2,1-3H3. The maximum Gasteiger partial charge on any atom is 0.164 e. The van der Waals surface area contributed by atoms with Gasteiger partial charge in [-0.3, -0.25) is 9.58 Å². The average molecular weight is 318 g/mol. The molecule has 0 aliphatic carbocycles. The third-order valence-electron chi connectivity index (χ3n) is 3.54. The van der Waals surface area contributed by atoms with Gasteiger partial charge in [-0.25, -0.2) is 8.42 Å². The molecule has 1 saturated heterocycles. The van der Waals surface area contributed by atoms with Gasteiger partial charge in [0.05, 0.1) is 12.2 Å². The van der Waals surface area contributed by atoms with Crippen LogP contribution in [0.15, 0.2) is 12.4 Å². The van der Waals surface area contributed by atoms with Crippen molar-refractivity contribution in [3.8, 4) is 0 Å². The number of thioether (sulfide) groups is 1. The highest BCUT2D eigenvalue weighted by atomic mass is 32.2. The van der Waals surface area contributed by atoms with E-state index in [0.29, 0.717) is 5.75 Å². The van der Waals surface area contributed by atoms with E-state index >= 15 is 0 Å². The number of sulfone groups is 1. The molecule has 0 radical (unpaired) electrons. The second-order valence-corrected chi connectivity index (χ2v) is 8.70. The second kappa shape index (κ2) is 6.05. The molecule has 3 unspecified atom stereocenters. The van der Waals surface area contributed by atoms with Crippen molar-refractivity contribution in [1.29, 1.82) is 0 Å². The summed E-state index contributed by atoms with van der Waals surface area (Å²) in [5.41, 5.74) is 7.11. The molecule has 0 saturated carbocycles. The zero-order chi connectivity index (χ0) is 14.9. The van der Waals surface area contributed by atoms with Crippen LogP contribution in [0.5, 0.6) is 0 Å². The molecular weight excluding hydrogens is 296 g/mol. The van der Waals surface area contributed by atoms with E-state index in [1.165, 1.54) is 6.26 Å². The highest BCUT2D eigenvalue weighted by Crippen LogP contribution is 2.31. The Morgan fingerprint density at radius 1 is 1.55 bits per heavy atom. The Hall–Kier alpha value is -0.570. The molecule has 8 heteroatoms. The minimum absolute atomic E-state index is 0.121. The third kappa shape index (κ3) is 3.36. The first-order valence-electron chi connectivity index (χ1n) is 6.57. The first-order valence-corrected chi connectivity index (χ1v) is 9.68. The quantitative estimate of drug-likeness (QED) is 0.856. The van der Waals surface area contributed by atoms with Crippen molar-refractivity contribution in [2.24, 2.45) is 12.8 Å². The molecule has 1 aromatic rings. The Bertz CT molecular complexity index is 556. The van der Waals surface area contributed by atoms with E-state index in [1.807, 2.05) is 25.1 Å². The first-order chi connectivity index (χ1) is 9.30. The molecule has 2 rings (SSSR count). The number of rotatable bonds is 4. The van der Waals surface area contributed by atoms with E-state index in [2.05, 4.69) is 5.10 Å². The SMILES string of the molecule is CC(N)C(c1cnn(C)c1)N1CCSCC1S(C)(=O)=O. The molecule has 20 heavy (non-hydrogen) atoms. The predicted octanol–water partition coefficient (Wildman–Crippen LogP) is 0.228. The van der Waals surface area contributed by atoms with Crippen LogP contribution in [-0.2, 0) is 16.9 Å². The zero-order valence-electron chi connectivity index (χ0n) is 12.1. The van der Waals surface area contributed by atoms with E-state index < -0.39 is 15.2 Å². The number of hydrogen-bond acceptors (Lipinski definition) is 6. The Balaban J connectivity index is 2.36. The van der Waals surface area contributed by atoms with Crippen molar-refractivity contribution < 1.29 is 8.42 Å². The van der Waals surface area contributed by atoms with Gasteiger partial charge in [0, 0.05) is 49.2 Å². The van der Waals surface area contributed by atoms with Crippen molar-refractivity contribution in [2.75, 3.05) is 24.3 Å². The van der Waals surface area contributed by atoms with Crippen LogP contribution in [0.25, 0.3) is 0 Å². The van der Waals surface area contributed by atoms with E-state index in [4.69, 9.17) is 5.73 Å². The summed E-state index contributed by atoms with van der Waals surface area (Å²) in [6, 6.07) is -0.282. The normalized spacial score (nSPS) is 24.5. The fraction of sp³-hybridized carbons (Fsp3) is 0.750. The van der Waals surface area contributed by atoms with Crippen molar-refractivity contribution in [2.45, 2.75) is 24.4 Å². The van der Waals surface area contributed by atoms with Gasteiger partial charge >= 0.3 is 0 Å². The average Bonchev–Trinajstić information content (AvgIpc) is 2.75. The number of hydrogen-bond donors (Lipinski definition) is 1. The Labute approximate surface area is 124 Å². The number of aromatic nitrogens is 2. The van der Waals surface area contributed by atoms with Gasteiger partial charge in [0.15, 0.2) is 9.84 Å². The Kier molecular flexibility index (Phi) is 4.78. The Morgan fingerprint density at radius 3 is 2.75 bits per heavy atom. The van der Waals surface area contributed by atoms with Gasteiger partial charge in [-0.15, -0.1) is 0 Å². The second-order valence-electron chi connectivity index (χ2n) is 5.35. The summed E-state index contributed by atoms with van der Waals surface area (Å²) in [7, 11) is -1.28. The monoisotopic (exact) mass is 318 g/mol. The molecule has 0 amide bonds. The van der Waals surface area contributed by atoms with Crippen LogP contribution >= 0.6 is 11.8 Å². The molecule has 1 aliphatic rings. The van der Waals surface area contributed by atoms with Crippen LogP contribution in [0.2, 0.25) is 0 Å². The van der Waals surface area contributed by atoms with E-state index in [9.17, 15) is 8.42 Å². The summed E-state index contributed by atoms with van der Waals surface area (Å²) in [6.45, 7) is 2.64. The highest BCUT2D eigenvalue weighted by molar-refractivity contribution is 8.00. The fourth-order valence-corrected chi connectivity index (χ4v) is 5.58. The minimum atomic E-state index is -3.13. The number of aryl methyl sites for hydroxylation is 1. The van der Waals surface area contributed by atoms with Crippen LogP contribution < -0.4 is 5.73 Å². The molecule has 6 nitrogen and oxygen atoms in total. The number of nitrogens with two attached hydrogens (primary N) is 1. The molecule has 0 spiro atoms. The first kappa shape index (κ1) is 15.8. The lowest BCUT2D eigenvalue weighted by Crippen LogP contribution is -2.52. The van der Waals surface area contributed by atoms with Crippen LogP contribution in [0.4, 0.5) is 0 Å². The minimum Gasteiger partial charge on any atom is -0.326 e. The van der Waals surface area contributed by atoms with Crippen LogP contribution in [0, 0.1) is 0 Å². The van der Waals surface area contributed by atoms with E-state index in [-0.39, 0.29) is 12.1 Å². The highest BCUT2D eigenvalue weighted by Gasteiger charge is 2.37.